The highest BCUT2D eigenvalue weighted by Crippen LogP contribution is 2.31. The summed E-state index contributed by atoms with van der Waals surface area (Å²) in [6.07, 6.45) is 7.96. The number of aliphatic hydroxyl groups excluding tert-OH is 1. The lowest BCUT2D eigenvalue weighted by Crippen LogP contribution is -2.18. The van der Waals surface area contributed by atoms with Gasteiger partial charge in [0, 0.05) is 10.9 Å². The quantitative estimate of drug-likeness (QED) is 0.213. The van der Waals surface area contributed by atoms with Gasteiger partial charge >= 0.3 is 0 Å². The molecule has 0 aliphatic heterocycles. The summed E-state index contributed by atoms with van der Waals surface area (Å²) in [4.78, 5) is 0. The van der Waals surface area contributed by atoms with E-state index in [1.807, 2.05) is 24.3 Å². The smallest absolute Gasteiger partial charge is 0.127 e. The second kappa shape index (κ2) is 15.5. The lowest BCUT2D eigenvalue weighted by molar-refractivity contribution is 0.349. The zero-order chi connectivity index (χ0) is 33.4. The molecular formula is C43H56O2. The van der Waals surface area contributed by atoms with E-state index in [4.69, 9.17) is 4.74 Å². The van der Waals surface area contributed by atoms with Crippen LogP contribution in [0.2, 0.25) is 0 Å². The maximum atomic E-state index is 9.75. The lowest BCUT2D eigenvalue weighted by atomic mass is 9.83. The van der Waals surface area contributed by atoms with Crippen LogP contribution in [0.15, 0.2) is 79.4 Å². The molecule has 2 heteroatoms. The molecule has 0 fully saturated rings. The number of aliphatic hydroxyl groups is 1. The molecule has 0 saturated heterocycles. The van der Waals surface area contributed by atoms with E-state index < -0.39 is 0 Å². The Morgan fingerprint density at radius 2 is 1.33 bits per heavy atom. The fourth-order valence-corrected chi connectivity index (χ4v) is 5.15. The fraction of sp³-hybridized carbons (Fsp3) is 0.395. The van der Waals surface area contributed by atoms with Crippen LogP contribution in [0.1, 0.15) is 110 Å². The molecular weight excluding hydrogens is 548 g/mol. The molecule has 240 valence electrons. The van der Waals surface area contributed by atoms with Crippen molar-refractivity contribution in [1.29, 1.82) is 0 Å². The Labute approximate surface area is 273 Å². The standard InChI is InChI=1S/C20H26O.C17H16O.C6H14/c1-5-16-7-11-18(12-8-16)21-19-13-9-17(10-14-19)15-20(3,4)6-2;1-10-4-6-13-7-5-11(2)16-15(12(3)18)9-8-14(10)17(13)16;1-5-6(2,3)4/h7-14H,5-6,15H2,1-4H3;5-10,18H,2-4H2,1H3;5H2,1-4H3. The Morgan fingerprint density at radius 3 is 1.82 bits per heavy atom. The summed E-state index contributed by atoms with van der Waals surface area (Å²) < 4.78 is 5.89. The van der Waals surface area contributed by atoms with E-state index in [-0.39, 0.29) is 5.76 Å². The molecule has 0 aromatic heterocycles. The van der Waals surface area contributed by atoms with Crippen LogP contribution in [0.3, 0.4) is 0 Å². The first-order valence-electron chi connectivity index (χ1n) is 16.7. The van der Waals surface area contributed by atoms with Crippen LogP contribution in [0.25, 0.3) is 29.2 Å². The van der Waals surface area contributed by atoms with Crippen molar-refractivity contribution in [3.63, 3.8) is 0 Å². The Balaban J connectivity index is 0.000000210. The summed E-state index contributed by atoms with van der Waals surface area (Å²) in [6, 6.07) is 25.0. The number of rotatable bonds is 7. The van der Waals surface area contributed by atoms with E-state index in [0.29, 0.717) is 16.7 Å². The first kappa shape index (κ1) is 35.7. The average molecular weight is 605 g/mol. The molecule has 5 rings (SSSR count). The number of benzene rings is 4. The van der Waals surface area contributed by atoms with Crippen LogP contribution >= 0.6 is 0 Å². The second-order valence-corrected chi connectivity index (χ2v) is 14.4. The van der Waals surface area contributed by atoms with Gasteiger partial charge in [0.1, 0.15) is 17.3 Å². The van der Waals surface area contributed by atoms with Gasteiger partial charge in [0.25, 0.3) is 0 Å². The maximum Gasteiger partial charge on any atom is 0.127 e. The maximum absolute atomic E-state index is 9.75. The molecule has 0 saturated carbocycles. The van der Waals surface area contributed by atoms with Crippen LogP contribution in [-0.4, -0.2) is 5.11 Å². The molecule has 0 radical (unpaired) electrons. The van der Waals surface area contributed by atoms with Crippen molar-refractivity contribution < 1.29 is 9.84 Å². The number of hydrogen-bond donors (Lipinski definition) is 1. The van der Waals surface area contributed by atoms with Crippen LogP contribution < -0.4 is 15.2 Å². The molecule has 0 heterocycles. The molecule has 2 nitrogen and oxygen atoms in total. The van der Waals surface area contributed by atoms with E-state index in [1.165, 1.54) is 40.1 Å². The normalized spacial score (nSPS) is 13.9. The van der Waals surface area contributed by atoms with Gasteiger partial charge < -0.3 is 9.84 Å². The van der Waals surface area contributed by atoms with E-state index in [2.05, 4.69) is 130 Å². The van der Waals surface area contributed by atoms with Crippen LogP contribution in [0.4, 0.5) is 0 Å². The number of aryl methyl sites for hydroxylation is 1. The second-order valence-electron chi connectivity index (χ2n) is 14.4. The molecule has 1 N–H and O–H groups in total. The molecule has 4 aromatic rings. The molecule has 1 aliphatic carbocycles. The van der Waals surface area contributed by atoms with Gasteiger partial charge in [-0.05, 0) is 92.8 Å². The molecule has 45 heavy (non-hydrogen) atoms. The van der Waals surface area contributed by atoms with Crippen molar-refractivity contribution >= 4 is 29.2 Å². The highest BCUT2D eigenvalue weighted by Gasteiger charge is 2.17. The molecule has 1 unspecified atom stereocenters. The first-order valence-corrected chi connectivity index (χ1v) is 16.7. The van der Waals surface area contributed by atoms with Gasteiger partial charge in [-0.3, -0.25) is 0 Å². The van der Waals surface area contributed by atoms with Gasteiger partial charge in [-0.1, -0.05) is 143 Å². The van der Waals surface area contributed by atoms with E-state index in [1.54, 1.807) is 0 Å². The Hall–Kier alpha value is -3.78. The summed E-state index contributed by atoms with van der Waals surface area (Å²) in [5, 5.41) is 14.2. The average Bonchev–Trinajstić information content (AvgIpc) is 3.01. The SMILES string of the molecule is C=C(O)c1ccc2c3c(ccc(=C)c13)=CCC2C.CCC(C)(C)C.CCc1ccc(Oc2ccc(CC(C)(C)CC)cc2)cc1. The van der Waals surface area contributed by atoms with E-state index in [9.17, 15) is 5.11 Å². The monoisotopic (exact) mass is 604 g/mol. The number of hydrogen-bond acceptors (Lipinski definition) is 2. The molecule has 1 atom stereocenters. The van der Waals surface area contributed by atoms with E-state index >= 15 is 0 Å². The Bertz CT molecular complexity index is 1670. The predicted molar refractivity (Wildman–Crippen MR) is 198 cm³/mol. The third kappa shape index (κ3) is 10.1. The summed E-state index contributed by atoms with van der Waals surface area (Å²) in [5.41, 5.74) is 5.74. The highest BCUT2D eigenvalue weighted by molar-refractivity contribution is 5.96. The van der Waals surface area contributed by atoms with E-state index in [0.717, 1.165) is 46.9 Å². The van der Waals surface area contributed by atoms with Gasteiger partial charge in [0.15, 0.2) is 0 Å². The summed E-state index contributed by atoms with van der Waals surface area (Å²) in [7, 11) is 0. The fourth-order valence-electron chi connectivity index (χ4n) is 5.15. The largest absolute Gasteiger partial charge is 0.508 e. The topological polar surface area (TPSA) is 29.5 Å². The van der Waals surface area contributed by atoms with Gasteiger partial charge in [-0.2, -0.15) is 0 Å². The third-order valence-corrected chi connectivity index (χ3v) is 9.04. The van der Waals surface area contributed by atoms with Crippen molar-refractivity contribution in [3.8, 4) is 11.5 Å². The summed E-state index contributed by atoms with van der Waals surface area (Å²) in [5.74, 6) is 2.43. The molecule has 0 amide bonds. The zero-order valence-corrected chi connectivity index (χ0v) is 29.4. The zero-order valence-electron chi connectivity index (χ0n) is 29.4. The lowest BCUT2D eigenvalue weighted by Gasteiger charge is -2.22. The van der Waals surface area contributed by atoms with Gasteiger partial charge in [0.05, 0.1) is 0 Å². The molecule has 4 aromatic carbocycles. The highest BCUT2D eigenvalue weighted by atomic mass is 16.5. The third-order valence-electron chi connectivity index (χ3n) is 9.04. The van der Waals surface area contributed by atoms with Gasteiger partial charge in [0.2, 0.25) is 0 Å². The van der Waals surface area contributed by atoms with Crippen molar-refractivity contribution in [2.45, 2.75) is 100 Å². The number of ether oxygens (including phenoxy) is 1. The first-order chi connectivity index (χ1) is 21.2. The van der Waals surface area contributed by atoms with Crippen LogP contribution in [0.5, 0.6) is 11.5 Å². The molecule has 1 aliphatic rings. The minimum Gasteiger partial charge on any atom is -0.508 e. The Kier molecular flexibility index (Phi) is 12.3. The summed E-state index contributed by atoms with van der Waals surface area (Å²) >= 11 is 0. The van der Waals surface area contributed by atoms with Crippen molar-refractivity contribution in [2.24, 2.45) is 10.8 Å². The van der Waals surface area contributed by atoms with Crippen LogP contribution in [0, 0.1) is 10.8 Å². The van der Waals surface area contributed by atoms with Crippen molar-refractivity contribution in [2.75, 3.05) is 0 Å². The minimum atomic E-state index is 0.113. The molecule has 0 bridgehead atoms. The minimum absolute atomic E-state index is 0.113. The Morgan fingerprint density at radius 1 is 0.778 bits per heavy atom. The predicted octanol–water partition coefficient (Wildman–Crippen LogP) is 11.5. The van der Waals surface area contributed by atoms with Crippen molar-refractivity contribution in [1.82, 2.24) is 0 Å². The van der Waals surface area contributed by atoms with Crippen LogP contribution in [-0.2, 0) is 12.8 Å². The van der Waals surface area contributed by atoms with Crippen molar-refractivity contribution in [3.05, 3.63) is 112 Å². The van der Waals surface area contributed by atoms with Gasteiger partial charge in [-0.25, -0.2) is 0 Å². The van der Waals surface area contributed by atoms with Gasteiger partial charge in [-0.15, -0.1) is 0 Å². The summed E-state index contributed by atoms with van der Waals surface area (Å²) in [6.45, 7) is 27.9. The molecule has 0 spiro atoms.